The summed E-state index contributed by atoms with van der Waals surface area (Å²) < 4.78 is 1.05. The maximum Gasteiger partial charge on any atom is 0.0743 e. The van der Waals surface area contributed by atoms with E-state index in [2.05, 4.69) is 32.3 Å². The molecule has 0 unspecified atom stereocenters. The predicted molar refractivity (Wildman–Crippen MR) is 75.1 cm³/mol. The highest BCUT2D eigenvalue weighted by atomic mass is 79.9. The summed E-state index contributed by atoms with van der Waals surface area (Å²) in [5.74, 6) is 0. The average Bonchev–Trinajstić information content (AvgIpc) is 2.25. The van der Waals surface area contributed by atoms with E-state index >= 15 is 0 Å². The van der Waals surface area contributed by atoms with Gasteiger partial charge in [0.05, 0.1) is 23.1 Å². The Morgan fingerprint density at radius 2 is 2.18 bits per heavy atom. The minimum atomic E-state index is 0.571. The highest BCUT2D eigenvalue weighted by molar-refractivity contribution is 9.10. The molecule has 2 aromatic rings. The molecule has 1 aromatic heterocycles. The van der Waals surface area contributed by atoms with Gasteiger partial charge in [-0.2, -0.15) is 0 Å². The van der Waals surface area contributed by atoms with Crippen molar-refractivity contribution in [3.8, 4) is 0 Å². The zero-order valence-corrected chi connectivity index (χ0v) is 11.0. The number of nitrogens with one attached hydrogen (secondary N) is 1. The molecule has 1 aliphatic carbocycles. The lowest BCUT2D eigenvalue weighted by Crippen LogP contribution is -2.27. The molecule has 3 N–H and O–H groups in total. The van der Waals surface area contributed by atoms with Gasteiger partial charge in [0.2, 0.25) is 0 Å². The van der Waals surface area contributed by atoms with Gasteiger partial charge >= 0.3 is 0 Å². The smallest absolute Gasteiger partial charge is 0.0743 e. The fourth-order valence-electron chi connectivity index (χ4n) is 2.10. The molecule has 17 heavy (non-hydrogen) atoms. The first-order valence-corrected chi connectivity index (χ1v) is 6.63. The van der Waals surface area contributed by atoms with Crippen LogP contribution in [0.4, 0.5) is 11.4 Å². The summed E-state index contributed by atoms with van der Waals surface area (Å²) in [4.78, 5) is 4.35. The van der Waals surface area contributed by atoms with Gasteiger partial charge in [0.25, 0.3) is 0 Å². The molecular formula is C13H14BrN3. The van der Waals surface area contributed by atoms with E-state index < -0.39 is 0 Å². The Hall–Kier alpha value is -1.29. The number of aromatic nitrogens is 1. The fourth-order valence-corrected chi connectivity index (χ4v) is 2.46. The molecule has 0 amide bonds. The number of nitrogen functional groups attached to an aromatic ring is 1. The van der Waals surface area contributed by atoms with E-state index in [1.807, 2.05) is 12.1 Å². The summed E-state index contributed by atoms with van der Waals surface area (Å²) >= 11 is 3.49. The second kappa shape index (κ2) is 4.18. The first-order valence-electron chi connectivity index (χ1n) is 5.84. The minimum absolute atomic E-state index is 0.571. The first kappa shape index (κ1) is 10.8. The van der Waals surface area contributed by atoms with Crippen LogP contribution in [0.2, 0.25) is 0 Å². The molecule has 1 aromatic carbocycles. The Balaban J connectivity index is 2.11. The monoisotopic (exact) mass is 291 g/mol. The van der Waals surface area contributed by atoms with Crippen LogP contribution in [0, 0.1) is 0 Å². The van der Waals surface area contributed by atoms with Crippen molar-refractivity contribution in [2.24, 2.45) is 0 Å². The van der Waals surface area contributed by atoms with E-state index in [9.17, 15) is 0 Å². The van der Waals surface area contributed by atoms with Crippen molar-refractivity contribution in [2.45, 2.75) is 25.3 Å². The van der Waals surface area contributed by atoms with Crippen LogP contribution in [0.1, 0.15) is 19.3 Å². The molecule has 1 heterocycles. The lowest BCUT2D eigenvalue weighted by Gasteiger charge is -2.28. The molecule has 0 spiro atoms. The molecule has 1 aliphatic rings. The third-order valence-corrected chi connectivity index (χ3v) is 3.81. The Bertz CT molecular complexity index is 559. The second-order valence-corrected chi connectivity index (χ2v) is 5.44. The molecule has 3 rings (SSSR count). The van der Waals surface area contributed by atoms with Gasteiger partial charge in [-0.1, -0.05) is 15.9 Å². The van der Waals surface area contributed by atoms with Gasteiger partial charge in [0.15, 0.2) is 0 Å². The maximum atomic E-state index is 6.02. The summed E-state index contributed by atoms with van der Waals surface area (Å²) in [6.07, 6.45) is 5.51. The molecule has 0 atom stereocenters. The van der Waals surface area contributed by atoms with Gasteiger partial charge in [-0.3, -0.25) is 4.98 Å². The number of pyridine rings is 1. The molecule has 0 radical (unpaired) electrons. The SMILES string of the molecule is Nc1cnc2ccc(Br)cc2c1NC1CCC1. The van der Waals surface area contributed by atoms with E-state index in [1.165, 1.54) is 19.3 Å². The summed E-state index contributed by atoms with van der Waals surface area (Å²) in [6, 6.07) is 6.64. The van der Waals surface area contributed by atoms with E-state index in [-0.39, 0.29) is 0 Å². The van der Waals surface area contributed by atoms with Crippen LogP contribution in [0.15, 0.2) is 28.9 Å². The van der Waals surface area contributed by atoms with Gasteiger partial charge in [0.1, 0.15) is 0 Å². The molecule has 0 bridgehead atoms. The van der Waals surface area contributed by atoms with E-state index in [0.717, 1.165) is 26.8 Å². The molecule has 0 aliphatic heterocycles. The van der Waals surface area contributed by atoms with Crippen LogP contribution in [0.3, 0.4) is 0 Å². The number of nitrogens with two attached hydrogens (primary N) is 1. The van der Waals surface area contributed by atoms with Crippen molar-refractivity contribution >= 4 is 38.2 Å². The van der Waals surface area contributed by atoms with Crippen molar-refractivity contribution in [3.05, 3.63) is 28.9 Å². The van der Waals surface area contributed by atoms with Crippen molar-refractivity contribution in [1.82, 2.24) is 4.98 Å². The Morgan fingerprint density at radius 1 is 1.35 bits per heavy atom. The molecule has 3 nitrogen and oxygen atoms in total. The third kappa shape index (κ3) is 1.97. The summed E-state index contributed by atoms with van der Waals surface area (Å²) in [5, 5.41) is 4.62. The van der Waals surface area contributed by atoms with E-state index in [0.29, 0.717) is 6.04 Å². The standard InChI is InChI=1S/C13H14BrN3/c14-8-4-5-12-10(6-8)13(11(15)7-16-12)17-9-2-1-3-9/h4-7,9H,1-3,15H2,(H,16,17). The van der Waals surface area contributed by atoms with Crippen LogP contribution >= 0.6 is 15.9 Å². The number of hydrogen-bond acceptors (Lipinski definition) is 3. The molecule has 1 saturated carbocycles. The van der Waals surface area contributed by atoms with Crippen LogP contribution in [0.5, 0.6) is 0 Å². The van der Waals surface area contributed by atoms with Crippen molar-refractivity contribution in [1.29, 1.82) is 0 Å². The number of benzene rings is 1. The van der Waals surface area contributed by atoms with Crippen molar-refractivity contribution in [2.75, 3.05) is 11.1 Å². The van der Waals surface area contributed by atoms with Gasteiger partial charge < -0.3 is 11.1 Å². The summed E-state index contributed by atoms with van der Waals surface area (Å²) in [6.45, 7) is 0. The normalized spacial score (nSPS) is 15.8. The van der Waals surface area contributed by atoms with Crippen molar-refractivity contribution in [3.63, 3.8) is 0 Å². The topological polar surface area (TPSA) is 50.9 Å². The first-order chi connectivity index (χ1) is 8.24. The largest absolute Gasteiger partial charge is 0.396 e. The molecule has 88 valence electrons. The zero-order chi connectivity index (χ0) is 11.8. The average molecular weight is 292 g/mol. The van der Waals surface area contributed by atoms with Crippen LogP contribution in [0.25, 0.3) is 10.9 Å². The van der Waals surface area contributed by atoms with E-state index in [1.54, 1.807) is 6.20 Å². The number of halogens is 1. The number of anilines is 2. The second-order valence-electron chi connectivity index (χ2n) is 4.52. The third-order valence-electron chi connectivity index (χ3n) is 3.31. The number of fused-ring (bicyclic) bond motifs is 1. The molecular weight excluding hydrogens is 278 g/mol. The Labute approximate surface area is 109 Å². The van der Waals surface area contributed by atoms with Crippen molar-refractivity contribution < 1.29 is 0 Å². The van der Waals surface area contributed by atoms with Gasteiger partial charge in [-0.05, 0) is 37.5 Å². The highest BCUT2D eigenvalue weighted by Gasteiger charge is 2.19. The summed E-state index contributed by atoms with van der Waals surface area (Å²) in [7, 11) is 0. The van der Waals surface area contributed by atoms with Gasteiger partial charge in [-0.25, -0.2) is 0 Å². The number of hydrogen-bond donors (Lipinski definition) is 2. The van der Waals surface area contributed by atoms with Gasteiger partial charge in [0, 0.05) is 15.9 Å². The highest BCUT2D eigenvalue weighted by Crippen LogP contribution is 2.33. The molecule has 0 saturated heterocycles. The Morgan fingerprint density at radius 3 is 2.88 bits per heavy atom. The molecule has 1 fully saturated rings. The van der Waals surface area contributed by atoms with Crippen LogP contribution in [-0.2, 0) is 0 Å². The van der Waals surface area contributed by atoms with Crippen LogP contribution < -0.4 is 11.1 Å². The number of nitrogens with zero attached hydrogens (tertiary/aromatic N) is 1. The Kier molecular flexibility index (Phi) is 2.67. The van der Waals surface area contributed by atoms with E-state index in [4.69, 9.17) is 5.73 Å². The minimum Gasteiger partial charge on any atom is -0.396 e. The fraction of sp³-hybridized carbons (Fsp3) is 0.308. The number of rotatable bonds is 2. The summed E-state index contributed by atoms with van der Waals surface area (Å²) in [5.41, 5.74) is 8.75. The lowest BCUT2D eigenvalue weighted by atomic mass is 9.92. The maximum absolute atomic E-state index is 6.02. The van der Waals surface area contributed by atoms with Gasteiger partial charge in [-0.15, -0.1) is 0 Å². The molecule has 4 heteroatoms. The zero-order valence-electron chi connectivity index (χ0n) is 9.41. The van der Waals surface area contributed by atoms with Crippen LogP contribution in [-0.4, -0.2) is 11.0 Å². The predicted octanol–water partition coefficient (Wildman–Crippen LogP) is 3.54. The lowest BCUT2D eigenvalue weighted by molar-refractivity contribution is 0.446. The quantitative estimate of drug-likeness (QED) is 0.890.